The fourth-order valence-electron chi connectivity index (χ4n) is 2.99. The molecule has 2 aromatic rings. The van der Waals surface area contributed by atoms with Gasteiger partial charge in [0.05, 0.1) is 10.4 Å². The van der Waals surface area contributed by atoms with E-state index in [2.05, 4.69) is 9.71 Å². The number of halogens is 2. The van der Waals surface area contributed by atoms with Crippen LogP contribution in [0.5, 0.6) is 5.75 Å². The number of aromatic nitrogens is 1. The summed E-state index contributed by atoms with van der Waals surface area (Å²) in [6.07, 6.45) is 2.37. The molecule has 1 aromatic carbocycles. The first-order valence-electron chi connectivity index (χ1n) is 7.86. The van der Waals surface area contributed by atoms with Gasteiger partial charge in [-0.3, -0.25) is 0 Å². The van der Waals surface area contributed by atoms with E-state index in [4.69, 9.17) is 4.74 Å². The van der Waals surface area contributed by atoms with Gasteiger partial charge in [-0.2, -0.15) is 4.72 Å². The molecule has 0 bridgehead atoms. The Morgan fingerprint density at radius 1 is 1.24 bits per heavy atom. The molecule has 0 unspecified atom stereocenters. The molecule has 1 aliphatic rings. The highest BCUT2D eigenvalue weighted by Gasteiger charge is 2.41. The van der Waals surface area contributed by atoms with Crippen molar-refractivity contribution in [2.45, 2.75) is 42.5 Å². The summed E-state index contributed by atoms with van der Waals surface area (Å²) in [5.74, 6) is 0.203. The number of alkyl halides is 2. The number of benzene rings is 1. The molecule has 0 aliphatic heterocycles. The van der Waals surface area contributed by atoms with Crippen LogP contribution in [0.2, 0.25) is 0 Å². The van der Waals surface area contributed by atoms with Crippen LogP contribution in [-0.4, -0.2) is 26.4 Å². The molecular weight excluding hydrogens is 370 g/mol. The summed E-state index contributed by atoms with van der Waals surface area (Å²) in [7, 11) is -3.76. The molecule has 0 radical (unpaired) electrons. The molecule has 0 spiro atoms. The molecule has 3 rings (SSSR count). The average Bonchev–Trinajstić information content (AvgIpc) is 3.25. The van der Waals surface area contributed by atoms with Crippen LogP contribution in [0, 0.1) is 0 Å². The fourth-order valence-corrected chi connectivity index (χ4v) is 5.33. The van der Waals surface area contributed by atoms with Crippen molar-refractivity contribution in [1.29, 1.82) is 0 Å². The van der Waals surface area contributed by atoms with Crippen molar-refractivity contribution in [1.82, 2.24) is 9.71 Å². The average molecular weight is 388 g/mol. The summed E-state index contributed by atoms with van der Waals surface area (Å²) in [5, 5.41) is 2.60. The van der Waals surface area contributed by atoms with E-state index in [-0.39, 0.29) is 10.6 Å². The van der Waals surface area contributed by atoms with Gasteiger partial charge >= 0.3 is 0 Å². The summed E-state index contributed by atoms with van der Waals surface area (Å²) in [6.45, 7) is -0.725. The summed E-state index contributed by atoms with van der Waals surface area (Å²) in [5.41, 5.74) is -0.669. The number of nitrogens with one attached hydrogen (secondary N) is 1. The van der Waals surface area contributed by atoms with E-state index < -0.39 is 28.6 Å². The lowest BCUT2D eigenvalue weighted by Gasteiger charge is -2.27. The third-order valence-electron chi connectivity index (χ3n) is 4.14. The van der Waals surface area contributed by atoms with Crippen LogP contribution >= 0.6 is 11.3 Å². The maximum absolute atomic E-state index is 12.8. The minimum absolute atomic E-state index is 0.0692. The highest BCUT2D eigenvalue weighted by atomic mass is 32.2. The highest BCUT2D eigenvalue weighted by molar-refractivity contribution is 7.89. The van der Waals surface area contributed by atoms with E-state index in [1.54, 1.807) is 6.20 Å². The van der Waals surface area contributed by atoms with E-state index in [1.807, 2.05) is 5.38 Å². The Hall–Kier alpha value is -1.58. The van der Waals surface area contributed by atoms with Gasteiger partial charge < -0.3 is 4.74 Å². The molecule has 25 heavy (non-hydrogen) atoms. The monoisotopic (exact) mass is 388 g/mol. The van der Waals surface area contributed by atoms with Gasteiger partial charge in [-0.25, -0.2) is 22.2 Å². The quantitative estimate of drug-likeness (QED) is 0.788. The number of ether oxygens (including phenoxy) is 1. The first-order valence-corrected chi connectivity index (χ1v) is 10.2. The van der Waals surface area contributed by atoms with Crippen molar-refractivity contribution >= 4 is 21.4 Å². The molecule has 1 N–H and O–H groups in total. The second-order valence-corrected chi connectivity index (χ2v) is 8.48. The van der Waals surface area contributed by atoms with Crippen molar-refractivity contribution < 1.29 is 21.9 Å². The second-order valence-electron chi connectivity index (χ2n) is 5.91. The Balaban J connectivity index is 1.79. The molecule has 0 saturated heterocycles. The molecule has 136 valence electrons. The molecule has 1 aliphatic carbocycles. The van der Waals surface area contributed by atoms with Crippen LogP contribution in [0.15, 0.2) is 40.7 Å². The molecule has 1 heterocycles. The fraction of sp³-hybridized carbons (Fsp3) is 0.438. The topological polar surface area (TPSA) is 68.3 Å². The zero-order valence-electron chi connectivity index (χ0n) is 13.3. The Morgan fingerprint density at radius 2 is 1.92 bits per heavy atom. The standard InChI is InChI=1S/C16H18F2N2O3S2/c17-14(18)11-23-12-3-5-13(6-4-12)25(21,22)20-16(7-1-2-8-16)15-19-9-10-24-15/h3-6,9-10,14,20H,1-2,7-8,11H2. The summed E-state index contributed by atoms with van der Waals surface area (Å²) < 4.78 is 57.5. The number of sulfonamides is 1. The van der Waals surface area contributed by atoms with Crippen molar-refractivity contribution in [3.8, 4) is 5.75 Å². The van der Waals surface area contributed by atoms with E-state index in [0.717, 1.165) is 17.8 Å². The molecule has 5 nitrogen and oxygen atoms in total. The van der Waals surface area contributed by atoms with Crippen LogP contribution < -0.4 is 9.46 Å². The Kier molecular flexibility index (Phi) is 5.35. The summed E-state index contributed by atoms with van der Waals surface area (Å²) in [6, 6.07) is 5.46. The smallest absolute Gasteiger partial charge is 0.272 e. The Labute approximate surface area is 149 Å². The molecule has 1 saturated carbocycles. The zero-order valence-corrected chi connectivity index (χ0v) is 15.0. The predicted octanol–water partition coefficient (Wildman–Crippen LogP) is 3.53. The maximum atomic E-state index is 12.8. The molecule has 0 atom stereocenters. The van der Waals surface area contributed by atoms with E-state index >= 15 is 0 Å². The van der Waals surface area contributed by atoms with Crippen LogP contribution in [0.1, 0.15) is 30.7 Å². The number of rotatable bonds is 7. The van der Waals surface area contributed by atoms with E-state index in [9.17, 15) is 17.2 Å². The number of nitrogens with zero attached hydrogens (tertiary/aromatic N) is 1. The van der Waals surface area contributed by atoms with Crippen LogP contribution in [-0.2, 0) is 15.6 Å². The minimum atomic E-state index is -3.76. The first kappa shape index (κ1) is 18.2. The van der Waals surface area contributed by atoms with Gasteiger partial charge in [0, 0.05) is 11.6 Å². The largest absolute Gasteiger partial charge is 0.488 e. The van der Waals surface area contributed by atoms with E-state index in [0.29, 0.717) is 12.8 Å². The minimum Gasteiger partial charge on any atom is -0.488 e. The van der Waals surface area contributed by atoms with Gasteiger partial charge in [0.2, 0.25) is 10.0 Å². The Morgan fingerprint density at radius 3 is 2.48 bits per heavy atom. The van der Waals surface area contributed by atoms with Crippen molar-refractivity contribution in [3.63, 3.8) is 0 Å². The highest BCUT2D eigenvalue weighted by Crippen LogP contribution is 2.40. The molecule has 9 heteroatoms. The van der Waals surface area contributed by atoms with Crippen molar-refractivity contribution in [3.05, 3.63) is 40.8 Å². The lowest BCUT2D eigenvalue weighted by molar-refractivity contribution is 0.0819. The SMILES string of the molecule is O=S(=O)(NC1(c2nccs2)CCCC1)c1ccc(OCC(F)F)cc1. The van der Waals surface area contributed by atoms with Gasteiger partial charge in [0.1, 0.15) is 17.4 Å². The van der Waals surface area contributed by atoms with Gasteiger partial charge in [0.15, 0.2) is 0 Å². The van der Waals surface area contributed by atoms with E-state index in [1.165, 1.54) is 35.6 Å². The second kappa shape index (κ2) is 7.35. The van der Waals surface area contributed by atoms with Crippen molar-refractivity contribution in [2.24, 2.45) is 0 Å². The maximum Gasteiger partial charge on any atom is 0.272 e. The molecular formula is C16H18F2N2O3S2. The Bertz CT molecular complexity index is 787. The lowest BCUT2D eigenvalue weighted by atomic mass is 10.0. The third-order valence-corrected chi connectivity index (χ3v) is 6.67. The van der Waals surface area contributed by atoms with Gasteiger partial charge in [-0.05, 0) is 37.1 Å². The lowest BCUT2D eigenvalue weighted by Crippen LogP contribution is -2.43. The summed E-state index contributed by atoms with van der Waals surface area (Å²) in [4.78, 5) is 4.37. The van der Waals surface area contributed by atoms with Crippen LogP contribution in [0.3, 0.4) is 0 Å². The van der Waals surface area contributed by atoms with Crippen LogP contribution in [0.25, 0.3) is 0 Å². The third kappa shape index (κ3) is 4.16. The predicted molar refractivity (Wildman–Crippen MR) is 90.5 cm³/mol. The van der Waals surface area contributed by atoms with Crippen LogP contribution in [0.4, 0.5) is 8.78 Å². The summed E-state index contributed by atoms with van der Waals surface area (Å²) >= 11 is 1.44. The molecule has 1 aromatic heterocycles. The molecule has 0 amide bonds. The van der Waals surface area contributed by atoms with Crippen molar-refractivity contribution in [2.75, 3.05) is 6.61 Å². The van der Waals surface area contributed by atoms with Gasteiger partial charge in [-0.15, -0.1) is 11.3 Å². The number of hydrogen-bond acceptors (Lipinski definition) is 5. The normalized spacial score (nSPS) is 17.1. The molecule has 1 fully saturated rings. The van der Waals surface area contributed by atoms with Gasteiger partial charge in [-0.1, -0.05) is 12.8 Å². The number of thiazole rings is 1. The first-order chi connectivity index (χ1) is 11.9. The van der Waals surface area contributed by atoms with Gasteiger partial charge in [0.25, 0.3) is 6.43 Å². The zero-order chi connectivity index (χ0) is 17.9. The number of hydrogen-bond donors (Lipinski definition) is 1.